The number of rotatable bonds is 0. The van der Waals surface area contributed by atoms with Gasteiger partial charge in [-0.25, -0.2) is 0 Å². The molecule has 1 aromatic heterocycles. The van der Waals surface area contributed by atoms with E-state index in [4.69, 9.17) is 29.0 Å². The molecule has 1 heterocycles. The van der Waals surface area contributed by atoms with Gasteiger partial charge in [0.05, 0.1) is 5.02 Å². The fraction of sp³-hybridized carbons (Fsp3) is 0. The Kier molecular flexibility index (Phi) is 1.82. The molecule has 4 nitrogen and oxygen atoms in total. The largest absolute Gasteiger partial charge is 0.411 e. The van der Waals surface area contributed by atoms with Crippen molar-refractivity contribution in [3.63, 3.8) is 0 Å². The van der Waals surface area contributed by atoms with E-state index in [0.717, 1.165) is 6.20 Å². The highest BCUT2D eigenvalue weighted by molar-refractivity contribution is 6.41. The molecule has 0 saturated carbocycles. The van der Waals surface area contributed by atoms with Crippen LogP contribution in [0.2, 0.25) is 10.0 Å². The van der Waals surface area contributed by atoms with Crippen LogP contribution < -0.4 is 5.56 Å². The van der Waals surface area contributed by atoms with E-state index in [9.17, 15) is 4.79 Å². The number of halogens is 2. The smallest absolute Gasteiger partial charge is 0.272 e. The van der Waals surface area contributed by atoms with Gasteiger partial charge >= 0.3 is 0 Å². The van der Waals surface area contributed by atoms with Crippen LogP contribution >= 0.6 is 23.2 Å². The monoisotopic (exact) mass is 178 g/mol. The van der Waals surface area contributed by atoms with Crippen LogP contribution in [0.5, 0.6) is 0 Å². The second kappa shape index (κ2) is 2.48. The quantitative estimate of drug-likeness (QED) is 0.603. The third-order valence-corrected chi connectivity index (χ3v) is 1.62. The van der Waals surface area contributed by atoms with Crippen molar-refractivity contribution in [3.05, 3.63) is 32.4 Å². The van der Waals surface area contributed by atoms with Gasteiger partial charge in [0.25, 0.3) is 5.56 Å². The Hall–Kier alpha value is -0.740. The molecule has 0 aliphatic rings. The molecule has 0 fully saturated rings. The highest BCUT2D eigenvalue weighted by Gasteiger charge is 1.98. The first kappa shape index (κ1) is 7.37. The molecule has 1 N–H and O–H groups in total. The fourth-order valence-corrected chi connectivity index (χ4v) is 0.666. The average molecular weight is 179 g/mol. The zero-order valence-corrected chi connectivity index (χ0v) is 6.15. The summed E-state index contributed by atoms with van der Waals surface area (Å²) >= 11 is 10.8. The van der Waals surface area contributed by atoms with Gasteiger partial charge in [-0.3, -0.25) is 4.79 Å². The normalized spacial score (nSPS) is 9.80. The number of aromatic nitrogens is 2. The van der Waals surface area contributed by atoms with Crippen molar-refractivity contribution in [2.75, 3.05) is 0 Å². The van der Waals surface area contributed by atoms with E-state index in [1.165, 1.54) is 0 Å². The Labute approximate surface area is 66.1 Å². The lowest BCUT2D eigenvalue weighted by molar-refractivity contribution is 0.811. The SMILES string of the molecule is [NH-]n1ncc(Cl)c(Cl)c1=O. The first-order valence-corrected chi connectivity index (χ1v) is 3.03. The van der Waals surface area contributed by atoms with E-state index >= 15 is 0 Å². The molecule has 10 heavy (non-hydrogen) atoms. The van der Waals surface area contributed by atoms with Crippen LogP contribution in [0.15, 0.2) is 11.0 Å². The second-order valence-electron chi connectivity index (χ2n) is 1.52. The maximum absolute atomic E-state index is 10.7. The van der Waals surface area contributed by atoms with Crippen LogP contribution in [0.4, 0.5) is 0 Å². The first-order chi connectivity index (χ1) is 4.63. The minimum atomic E-state index is -0.714. The Bertz CT molecular complexity index is 308. The summed E-state index contributed by atoms with van der Waals surface area (Å²) in [5.74, 6) is 6.81. The molecule has 0 spiro atoms. The van der Waals surface area contributed by atoms with Gasteiger partial charge in [0, 0.05) is 0 Å². The maximum Gasteiger partial charge on any atom is 0.272 e. The van der Waals surface area contributed by atoms with Crippen LogP contribution in [0.25, 0.3) is 5.84 Å². The van der Waals surface area contributed by atoms with Crippen molar-refractivity contribution >= 4 is 23.2 Å². The van der Waals surface area contributed by atoms with E-state index < -0.39 is 5.56 Å². The van der Waals surface area contributed by atoms with Crippen LogP contribution in [0.3, 0.4) is 0 Å². The van der Waals surface area contributed by atoms with Crippen molar-refractivity contribution < 1.29 is 0 Å². The molecule has 6 heteroatoms. The summed E-state index contributed by atoms with van der Waals surface area (Å²) in [7, 11) is 0. The van der Waals surface area contributed by atoms with Crippen LogP contribution in [-0.4, -0.2) is 9.89 Å². The van der Waals surface area contributed by atoms with Gasteiger partial charge in [-0.15, -0.1) is 0 Å². The molecule has 0 aliphatic heterocycles. The Morgan fingerprint density at radius 3 is 2.70 bits per heavy atom. The lowest BCUT2D eigenvalue weighted by Gasteiger charge is -2.05. The summed E-state index contributed by atoms with van der Waals surface area (Å²) in [5.41, 5.74) is -0.714. The minimum Gasteiger partial charge on any atom is -0.411 e. The van der Waals surface area contributed by atoms with Crippen molar-refractivity contribution in [2.45, 2.75) is 0 Å². The summed E-state index contributed by atoms with van der Waals surface area (Å²) in [6, 6.07) is 0. The Morgan fingerprint density at radius 2 is 2.20 bits per heavy atom. The van der Waals surface area contributed by atoms with Crippen LogP contribution in [0, 0.1) is 0 Å². The number of nitrogens with zero attached hydrogens (tertiary/aromatic N) is 2. The standard InChI is InChI=1S/C4H2Cl2N3O/c5-2-1-8-9(7)4(10)3(2)6/h1,7H/q-1. The summed E-state index contributed by atoms with van der Waals surface area (Å²) in [4.78, 5) is 11.1. The van der Waals surface area contributed by atoms with Crippen LogP contribution in [-0.2, 0) is 0 Å². The number of hydrogen-bond donors (Lipinski definition) is 0. The van der Waals surface area contributed by atoms with Gasteiger partial charge in [0.15, 0.2) is 0 Å². The highest BCUT2D eigenvalue weighted by atomic mass is 35.5. The molecule has 0 bridgehead atoms. The van der Waals surface area contributed by atoms with Gasteiger partial charge in [-0.1, -0.05) is 23.2 Å². The highest BCUT2D eigenvalue weighted by Crippen LogP contribution is 2.13. The van der Waals surface area contributed by atoms with Gasteiger partial charge < -0.3 is 15.7 Å². The Balaban J connectivity index is 3.50. The zero-order chi connectivity index (χ0) is 7.72. The molecule has 1 aromatic rings. The molecule has 54 valence electrons. The molecule has 0 aliphatic carbocycles. The van der Waals surface area contributed by atoms with E-state index in [-0.39, 0.29) is 10.0 Å². The molecule has 0 amide bonds. The fourth-order valence-electron chi connectivity index (χ4n) is 0.413. The third kappa shape index (κ3) is 1.08. The molecule has 0 radical (unpaired) electrons. The first-order valence-electron chi connectivity index (χ1n) is 2.28. The predicted octanol–water partition coefficient (Wildman–Crippen LogP) is 1.37. The molecule has 0 atom stereocenters. The molecule has 0 saturated heterocycles. The van der Waals surface area contributed by atoms with Crippen molar-refractivity contribution in [2.24, 2.45) is 0 Å². The summed E-state index contributed by atoms with van der Waals surface area (Å²) in [6.45, 7) is 0. The predicted molar refractivity (Wildman–Crippen MR) is 38.2 cm³/mol. The summed E-state index contributed by atoms with van der Waals surface area (Å²) in [6.07, 6.45) is 1.14. The molecule has 0 aromatic carbocycles. The molecule has 1 rings (SSSR count). The summed E-state index contributed by atoms with van der Waals surface area (Å²) in [5, 5.41) is 3.18. The van der Waals surface area contributed by atoms with Crippen molar-refractivity contribution in [1.29, 1.82) is 0 Å². The third-order valence-electron chi connectivity index (χ3n) is 0.876. The van der Waals surface area contributed by atoms with Gasteiger partial charge in [-0.05, 0) is 6.20 Å². The van der Waals surface area contributed by atoms with E-state index in [1.807, 2.05) is 0 Å². The van der Waals surface area contributed by atoms with Gasteiger partial charge in [0.2, 0.25) is 0 Å². The zero-order valence-electron chi connectivity index (χ0n) is 4.64. The lowest BCUT2D eigenvalue weighted by atomic mass is 10.6. The lowest BCUT2D eigenvalue weighted by Crippen LogP contribution is -2.16. The van der Waals surface area contributed by atoms with Crippen molar-refractivity contribution in [3.8, 4) is 0 Å². The Morgan fingerprint density at radius 1 is 1.60 bits per heavy atom. The van der Waals surface area contributed by atoms with Crippen LogP contribution in [0.1, 0.15) is 0 Å². The minimum absolute atomic E-state index is 0.0650. The summed E-state index contributed by atoms with van der Waals surface area (Å²) < 4.78 is 0. The molecular formula is C4H2Cl2N3O-. The molecular weight excluding hydrogens is 177 g/mol. The van der Waals surface area contributed by atoms with Crippen molar-refractivity contribution in [1.82, 2.24) is 9.89 Å². The van der Waals surface area contributed by atoms with Gasteiger partial charge in [-0.2, -0.15) is 0 Å². The molecule has 0 unspecified atom stereocenters. The average Bonchev–Trinajstić information content (AvgIpc) is 1.93. The topological polar surface area (TPSA) is 58.7 Å². The second-order valence-corrected chi connectivity index (χ2v) is 2.31. The van der Waals surface area contributed by atoms with E-state index in [2.05, 4.69) is 5.10 Å². The van der Waals surface area contributed by atoms with E-state index in [1.54, 1.807) is 0 Å². The van der Waals surface area contributed by atoms with E-state index in [0.29, 0.717) is 4.79 Å². The van der Waals surface area contributed by atoms with Gasteiger partial charge in [0.1, 0.15) is 5.02 Å². The number of hydrogen-bond acceptors (Lipinski definition) is 2. The number of nitrogens with one attached hydrogen (secondary N) is 1. The maximum atomic E-state index is 10.7.